The molecule has 2 aliphatic heterocycles. The molecule has 0 aliphatic carbocycles. The molecule has 0 saturated carbocycles. The quantitative estimate of drug-likeness (QED) is 0.654. The van der Waals surface area contributed by atoms with E-state index < -0.39 is 11.8 Å². The van der Waals surface area contributed by atoms with E-state index >= 15 is 0 Å². The normalized spacial score (nSPS) is 17.5. The summed E-state index contributed by atoms with van der Waals surface area (Å²) < 4.78 is 13.1. The Morgan fingerprint density at radius 3 is 2.15 bits per heavy atom. The van der Waals surface area contributed by atoms with E-state index in [-0.39, 0.29) is 24.3 Å². The number of amides is 3. The zero-order chi connectivity index (χ0) is 23.5. The summed E-state index contributed by atoms with van der Waals surface area (Å²) in [7, 11) is 3.91. The molecule has 0 atom stereocenters. The number of carbonyl (C=O) groups excluding carboxylic acids is 3. The number of halogens is 1. The van der Waals surface area contributed by atoms with Crippen molar-refractivity contribution < 1.29 is 18.8 Å². The van der Waals surface area contributed by atoms with Gasteiger partial charge in [0.15, 0.2) is 0 Å². The van der Waals surface area contributed by atoms with Crippen molar-refractivity contribution in [2.24, 2.45) is 0 Å². The molecule has 8 heteroatoms. The number of hydrogen-bond donors (Lipinski definition) is 0. The van der Waals surface area contributed by atoms with Gasteiger partial charge in [-0.1, -0.05) is 12.1 Å². The fraction of sp³-hybridized carbons (Fsp3) is 0.400. The van der Waals surface area contributed by atoms with Crippen LogP contribution in [-0.2, 0) is 16.1 Å². The highest BCUT2D eigenvalue weighted by atomic mass is 19.1. The van der Waals surface area contributed by atoms with Crippen molar-refractivity contribution in [1.29, 1.82) is 0 Å². The smallest absolute Gasteiger partial charge is 0.312 e. The Bertz CT molecular complexity index is 1010. The molecule has 7 nitrogen and oxygen atoms in total. The van der Waals surface area contributed by atoms with Gasteiger partial charge in [0.2, 0.25) is 0 Å². The summed E-state index contributed by atoms with van der Waals surface area (Å²) in [5.74, 6) is -1.36. The molecule has 3 amide bonds. The van der Waals surface area contributed by atoms with Gasteiger partial charge in [-0.15, -0.1) is 0 Å². The lowest BCUT2D eigenvalue weighted by molar-refractivity contribution is -0.158. The first-order valence-corrected chi connectivity index (χ1v) is 11.2. The number of piperidine rings is 1. The number of hydrogen-bond acceptors (Lipinski definition) is 4. The van der Waals surface area contributed by atoms with Crippen LogP contribution in [0.3, 0.4) is 0 Å². The van der Waals surface area contributed by atoms with Gasteiger partial charge in [-0.25, -0.2) is 4.39 Å². The van der Waals surface area contributed by atoms with Crippen LogP contribution in [0.2, 0.25) is 0 Å². The van der Waals surface area contributed by atoms with E-state index in [0.717, 1.165) is 11.3 Å². The van der Waals surface area contributed by atoms with Gasteiger partial charge in [0.25, 0.3) is 5.91 Å². The highest BCUT2D eigenvalue weighted by Crippen LogP contribution is 2.22. The molecule has 174 valence electrons. The van der Waals surface area contributed by atoms with Gasteiger partial charge < -0.3 is 19.6 Å². The van der Waals surface area contributed by atoms with Crippen molar-refractivity contribution in [2.75, 3.05) is 45.2 Å². The minimum Gasteiger partial charge on any atom is -0.378 e. The van der Waals surface area contributed by atoms with Crippen LogP contribution in [-0.4, -0.2) is 78.7 Å². The molecule has 2 saturated heterocycles. The SMILES string of the molecule is CN(C)c1ccc(C(=O)N2CCC(N3CCN(Cc4ccc(F)cc4)C(=O)C3=O)CC2)cc1. The highest BCUT2D eigenvalue weighted by molar-refractivity contribution is 6.35. The average Bonchev–Trinajstić information content (AvgIpc) is 2.83. The maximum atomic E-state index is 13.1. The molecule has 2 aromatic rings. The zero-order valence-electron chi connectivity index (χ0n) is 19.0. The summed E-state index contributed by atoms with van der Waals surface area (Å²) in [6.45, 7) is 2.31. The summed E-state index contributed by atoms with van der Waals surface area (Å²) in [6.07, 6.45) is 1.30. The minimum absolute atomic E-state index is 0.00900. The third-order valence-corrected chi connectivity index (χ3v) is 6.45. The predicted octanol–water partition coefficient (Wildman–Crippen LogP) is 2.37. The van der Waals surface area contributed by atoms with Gasteiger partial charge in [-0.3, -0.25) is 14.4 Å². The van der Waals surface area contributed by atoms with E-state index in [1.807, 2.05) is 48.2 Å². The Morgan fingerprint density at radius 2 is 1.55 bits per heavy atom. The first kappa shape index (κ1) is 22.8. The Balaban J connectivity index is 1.31. The largest absolute Gasteiger partial charge is 0.378 e. The second-order valence-electron chi connectivity index (χ2n) is 8.82. The number of carbonyl (C=O) groups is 3. The van der Waals surface area contributed by atoms with E-state index in [1.165, 1.54) is 17.0 Å². The molecule has 0 bridgehead atoms. The van der Waals surface area contributed by atoms with E-state index in [0.29, 0.717) is 44.6 Å². The van der Waals surface area contributed by atoms with Crippen molar-refractivity contribution in [1.82, 2.24) is 14.7 Å². The van der Waals surface area contributed by atoms with E-state index in [9.17, 15) is 18.8 Å². The van der Waals surface area contributed by atoms with Crippen molar-refractivity contribution in [3.63, 3.8) is 0 Å². The second-order valence-corrected chi connectivity index (χ2v) is 8.82. The summed E-state index contributed by atoms with van der Waals surface area (Å²) in [5, 5.41) is 0. The lowest BCUT2D eigenvalue weighted by Gasteiger charge is -2.42. The first-order valence-electron chi connectivity index (χ1n) is 11.2. The highest BCUT2D eigenvalue weighted by Gasteiger charge is 2.38. The van der Waals surface area contributed by atoms with E-state index in [2.05, 4.69) is 0 Å². The molecule has 2 fully saturated rings. The van der Waals surface area contributed by atoms with Crippen LogP contribution >= 0.6 is 0 Å². The monoisotopic (exact) mass is 452 g/mol. The number of benzene rings is 2. The van der Waals surface area contributed by atoms with Crippen molar-refractivity contribution in [2.45, 2.75) is 25.4 Å². The molecular weight excluding hydrogens is 423 g/mol. The van der Waals surface area contributed by atoms with E-state index in [1.54, 1.807) is 17.0 Å². The van der Waals surface area contributed by atoms with Gasteiger partial charge in [-0.05, 0) is 54.8 Å². The lowest BCUT2D eigenvalue weighted by atomic mass is 10.0. The van der Waals surface area contributed by atoms with Crippen LogP contribution in [0, 0.1) is 5.82 Å². The molecule has 2 aliphatic rings. The average molecular weight is 453 g/mol. The number of nitrogens with zero attached hydrogens (tertiary/aromatic N) is 4. The first-order chi connectivity index (χ1) is 15.8. The van der Waals surface area contributed by atoms with Gasteiger partial charge in [0.1, 0.15) is 5.82 Å². The molecule has 0 radical (unpaired) electrons. The maximum Gasteiger partial charge on any atom is 0.312 e. The van der Waals surface area contributed by atoms with Crippen LogP contribution in [0.4, 0.5) is 10.1 Å². The van der Waals surface area contributed by atoms with Crippen molar-refractivity contribution in [3.05, 3.63) is 65.5 Å². The third kappa shape index (κ3) is 4.99. The molecular formula is C25H29FN4O3. The van der Waals surface area contributed by atoms with E-state index in [4.69, 9.17) is 0 Å². The summed E-state index contributed by atoms with van der Waals surface area (Å²) >= 11 is 0. The molecule has 0 unspecified atom stereocenters. The Labute approximate surface area is 193 Å². The Hall–Kier alpha value is -3.42. The summed E-state index contributed by atoms with van der Waals surface area (Å²) in [5.41, 5.74) is 2.48. The third-order valence-electron chi connectivity index (χ3n) is 6.45. The second kappa shape index (κ2) is 9.60. The summed E-state index contributed by atoms with van der Waals surface area (Å²) in [6, 6.07) is 13.4. The number of anilines is 1. The Kier molecular flexibility index (Phi) is 6.62. The van der Waals surface area contributed by atoms with Crippen LogP contribution in [0.25, 0.3) is 0 Å². The van der Waals surface area contributed by atoms with Crippen LogP contribution < -0.4 is 4.90 Å². The fourth-order valence-corrected chi connectivity index (χ4v) is 4.46. The maximum absolute atomic E-state index is 13.1. The molecule has 0 aromatic heterocycles. The topological polar surface area (TPSA) is 64.2 Å². The predicted molar refractivity (Wildman–Crippen MR) is 123 cm³/mol. The van der Waals surface area contributed by atoms with Gasteiger partial charge >= 0.3 is 11.8 Å². The summed E-state index contributed by atoms with van der Waals surface area (Å²) in [4.78, 5) is 45.3. The van der Waals surface area contributed by atoms with Crippen LogP contribution in [0.15, 0.2) is 48.5 Å². The number of rotatable bonds is 5. The lowest BCUT2D eigenvalue weighted by Crippen LogP contribution is -2.59. The van der Waals surface area contributed by atoms with Crippen molar-refractivity contribution >= 4 is 23.4 Å². The molecule has 33 heavy (non-hydrogen) atoms. The molecule has 2 heterocycles. The minimum atomic E-state index is -0.523. The molecule has 0 N–H and O–H groups in total. The number of likely N-dealkylation sites (tertiary alicyclic amines) is 1. The Morgan fingerprint density at radius 1 is 0.909 bits per heavy atom. The molecule has 0 spiro atoms. The van der Waals surface area contributed by atoms with Gasteiger partial charge in [-0.2, -0.15) is 0 Å². The van der Waals surface area contributed by atoms with Crippen molar-refractivity contribution in [3.8, 4) is 0 Å². The molecule has 2 aromatic carbocycles. The fourth-order valence-electron chi connectivity index (χ4n) is 4.46. The zero-order valence-corrected chi connectivity index (χ0v) is 19.0. The van der Waals surface area contributed by atoms with Crippen LogP contribution in [0.1, 0.15) is 28.8 Å². The number of piperazine rings is 1. The van der Waals surface area contributed by atoms with Crippen LogP contribution in [0.5, 0.6) is 0 Å². The van der Waals surface area contributed by atoms with Gasteiger partial charge in [0, 0.05) is 64.1 Å². The standard InChI is InChI=1S/C25H29FN4O3/c1-27(2)21-9-5-19(6-10-21)23(31)28-13-11-22(12-14-28)30-16-15-29(24(32)25(30)33)17-18-3-7-20(26)8-4-18/h3-10,22H,11-17H2,1-2H3. The van der Waals surface area contributed by atoms with Gasteiger partial charge in [0.05, 0.1) is 0 Å². The molecule has 4 rings (SSSR count).